The monoisotopic (exact) mass is 297 g/mol. The maximum absolute atomic E-state index is 12.1. The number of hydrogen-bond donors (Lipinski definition) is 2. The number of nitrogens with zero attached hydrogens (tertiary/aromatic N) is 2. The number of β-lactam (4-membered cyclic amide) rings is 1. The Balaban J connectivity index is 1.72. The largest absolute Gasteiger partial charge is 0.477 e. The molecule has 0 radical (unpaired) electrons. The van der Waals surface area contributed by atoms with Crippen LogP contribution in [0.15, 0.2) is 41.9 Å². The van der Waals surface area contributed by atoms with Crippen LogP contribution in [0.5, 0.6) is 0 Å². The molecule has 2 fully saturated rings. The van der Waals surface area contributed by atoms with E-state index in [0.717, 1.165) is 12.1 Å². The third kappa shape index (κ3) is 1.80. The fourth-order valence-corrected chi connectivity index (χ4v) is 3.64. The molecule has 3 aliphatic rings. The molecular weight excluding hydrogens is 282 g/mol. The molecule has 3 aliphatic heterocycles. The number of pyridine rings is 1. The molecule has 3 atom stereocenters. The van der Waals surface area contributed by atoms with Gasteiger partial charge in [0.05, 0.1) is 6.04 Å². The zero-order valence-electron chi connectivity index (χ0n) is 11.8. The average Bonchev–Trinajstić information content (AvgIpc) is 2.93. The fraction of sp³-hybridized carbons (Fsp3) is 0.312. The Morgan fingerprint density at radius 3 is 3.05 bits per heavy atom. The molecule has 4 rings (SSSR count). The van der Waals surface area contributed by atoms with Gasteiger partial charge >= 0.3 is 5.97 Å². The Hall–Kier alpha value is -2.47. The first-order valence-electron chi connectivity index (χ1n) is 7.28. The summed E-state index contributed by atoms with van der Waals surface area (Å²) < 4.78 is 0. The SMILES string of the molecule is O=C(O)C1=C(/C=C/c2cccnc2)C[C@@H]2CN[C@@H]3C(=O)N1[C@H]23. The van der Waals surface area contributed by atoms with Crippen molar-refractivity contribution in [3.05, 3.63) is 47.4 Å². The predicted octanol–water partition coefficient (Wildman–Crippen LogP) is 0.636. The number of rotatable bonds is 3. The molecule has 4 heterocycles. The van der Waals surface area contributed by atoms with Crippen LogP contribution < -0.4 is 5.32 Å². The van der Waals surface area contributed by atoms with Crippen LogP contribution in [0.25, 0.3) is 6.08 Å². The molecule has 1 aromatic heterocycles. The summed E-state index contributed by atoms with van der Waals surface area (Å²) in [5, 5.41) is 12.7. The second kappa shape index (κ2) is 4.78. The van der Waals surface area contributed by atoms with Crippen LogP contribution in [-0.2, 0) is 9.59 Å². The lowest BCUT2D eigenvalue weighted by atomic mass is 9.79. The minimum absolute atomic E-state index is 0.00846. The van der Waals surface area contributed by atoms with Gasteiger partial charge in [-0.05, 0) is 29.5 Å². The highest BCUT2D eigenvalue weighted by Crippen LogP contribution is 2.43. The van der Waals surface area contributed by atoms with Crippen LogP contribution in [0, 0.1) is 5.92 Å². The van der Waals surface area contributed by atoms with Crippen molar-refractivity contribution in [3.8, 4) is 0 Å². The molecule has 0 aromatic carbocycles. The Kier molecular flexibility index (Phi) is 2.87. The number of carbonyl (C=O) groups excluding carboxylic acids is 1. The van der Waals surface area contributed by atoms with Crippen molar-refractivity contribution in [1.29, 1.82) is 0 Å². The van der Waals surface area contributed by atoms with Crippen molar-refractivity contribution >= 4 is 18.0 Å². The lowest BCUT2D eigenvalue weighted by Crippen LogP contribution is -2.68. The number of carboxylic acids is 1. The van der Waals surface area contributed by atoms with Gasteiger partial charge in [-0.25, -0.2) is 4.79 Å². The van der Waals surface area contributed by atoms with Gasteiger partial charge in [-0.1, -0.05) is 18.2 Å². The number of carboxylic acid groups (broad SMARTS) is 1. The van der Waals surface area contributed by atoms with Crippen LogP contribution in [0.4, 0.5) is 0 Å². The molecule has 1 aromatic rings. The van der Waals surface area contributed by atoms with Crippen molar-refractivity contribution in [2.45, 2.75) is 18.5 Å². The summed E-state index contributed by atoms with van der Waals surface area (Å²) in [6.07, 6.45) is 7.72. The number of carbonyl (C=O) groups is 2. The first kappa shape index (κ1) is 13.2. The van der Waals surface area contributed by atoms with E-state index in [1.807, 2.05) is 18.2 Å². The van der Waals surface area contributed by atoms with Crippen LogP contribution in [-0.4, -0.2) is 45.5 Å². The zero-order valence-corrected chi connectivity index (χ0v) is 11.8. The third-order valence-electron chi connectivity index (χ3n) is 4.62. The van der Waals surface area contributed by atoms with E-state index in [2.05, 4.69) is 10.3 Å². The van der Waals surface area contributed by atoms with Crippen molar-refractivity contribution in [2.75, 3.05) is 6.54 Å². The van der Waals surface area contributed by atoms with Gasteiger partial charge in [0, 0.05) is 18.9 Å². The molecular formula is C16H15N3O3. The van der Waals surface area contributed by atoms with Crippen molar-refractivity contribution in [1.82, 2.24) is 15.2 Å². The van der Waals surface area contributed by atoms with Crippen LogP contribution >= 0.6 is 0 Å². The highest BCUT2D eigenvalue weighted by Gasteiger charge is 2.59. The number of aromatic nitrogens is 1. The Morgan fingerprint density at radius 2 is 2.32 bits per heavy atom. The Labute approximate surface area is 127 Å². The van der Waals surface area contributed by atoms with E-state index >= 15 is 0 Å². The number of allylic oxidation sites excluding steroid dienone is 2. The van der Waals surface area contributed by atoms with E-state index in [9.17, 15) is 14.7 Å². The standard InChI is InChI=1S/C16H15N3O3/c20-15-12-13-11(8-18-12)6-10(14(16(21)22)19(13)15)4-3-9-2-1-5-17-7-9/h1-5,7,11-13,18H,6,8H2,(H,21,22)/b4-3+/t11-,12+,13-/m1/s1. The predicted molar refractivity (Wildman–Crippen MR) is 78.5 cm³/mol. The molecule has 2 saturated heterocycles. The van der Waals surface area contributed by atoms with Gasteiger partial charge in [-0.15, -0.1) is 0 Å². The first-order valence-corrected chi connectivity index (χ1v) is 7.28. The molecule has 2 N–H and O–H groups in total. The summed E-state index contributed by atoms with van der Waals surface area (Å²) in [7, 11) is 0. The maximum atomic E-state index is 12.1. The number of aliphatic carboxylic acids is 1. The van der Waals surface area contributed by atoms with Crippen molar-refractivity contribution < 1.29 is 14.7 Å². The Bertz CT molecular complexity index is 711. The van der Waals surface area contributed by atoms with Crippen LogP contribution in [0.3, 0.4) is 0 Å². The molecule has 6 nitrogen and oxygen atoms in total. The fourth-order valence-electron chi connectivity index (χ4n) is 3.64. The quantitative estimate of drug-likeness (QED) is 0.800. The summed E-state index contributed by atoms with van der Waals surface area (Å²) >= 11 is 0. The lowest BCUT2D eigenvalue weighted by molar-refractivity contribution is -0.153. The van der Waals surface area contributed by atoms with E-state index in [4.69, 9.17) is 0 Å². The van der Waals surface area contributed by atoms with Gasteiger partial charge in [-0.2, -0.15) is 0 Å². The molecule has 1 amide bonds. The van der Waals surface area contributed by atoms with E-state index in [1.54, 1.807) is 18.5 Å². The summed E-state index contributed by atoms with van der Waals surface area (Å²) in [5.74, 6) is -0.876. The molecule has 0 aliphatic carbocycles. The Morgan fingerprint density at radius 1 is 1.45 bits per heavy atom. The van der Waals surface area contributed by atoms with Gasteiger partial charge < -0.3 is 10.4 Å². The van der Waals surface area contributed by atoms with E-state index in [-0.39, 0.29) is 23.7 Å². The summed E-state index contributed by atoms with van der Waals surface area (Å²) in [4.78, 5) is 29.2. The highest BCUT2D eigenvalue weighted by molar-refractivity contribution is 6.01. The number of nitrogens with one attached hydrogen (secondary N) is 1. The smallest absolute Gasteiger partial charge is 0.352 e. The van der Waals surface area contributed by atoms with E-state index in [1.165, 1.54) is 4.90 Å². The minimum Gasteiger partial charge on any atom is -0.477 e. The number of amides is 1. The summed E-state index contributed by atoms with van der Waals surface area (Å²) in [6.45, 7) is 0.759. The average molecular weight is 297 g/mol. The van der Waals surface area contributed by atoms with E-state index in [0.29, 0.717) is 17.9 Å². The van der Waals surface area contributed by atoms with Gasteiger partial charge in [0.2, 0.25) is 5.91 Å². The van der Waals surface area contributed by atoms with E-state index < -0.39 is 5.97 Å². The molecule has 22 heavy (non-hydrogen) atoms. The van der Waals surface area contributed by atoms with Crippen LogP contribution in [0.2, 0.25) is 0 Å². The van der Waals surface area contributed by atoms with Crippen molar-refractivity contribution in [3.63, 3.8) is 0 Å². The maximum Gasteiger partial charge on any atom is 0.352 e. The normalized spacial score (nSPS) is 29.7. The third-order valence-corrected chi connectivity index (χ3v) is 4.62. The summed E-state index contributed by atoms with van der Waals surface area (Å²) in [5.41, 5.74) is 1.73. The molecule has 112 valence electrons. The lowest BCUT2D eigenvalue weighted by Gasteiger charge is -2.48. The second-order valence-corrected chi connectivity index (χ2v) is 5.85. The molecule has 0 spiro atoms. The molecule has 0 saturated carbocycles. The second-order valence-electron chi connectivity index (χ2n) is 5.85. The van der Waals surface area contributed by atoms with Gasteiger partial charge in [0.1, 0.15) is 11.7 Å². The van der Waals surface area contributed by atoms with Crippen molar-refractivity contribution in [2.24, 2.45) is 5.92 Å². The zero-order chi connectivity index (χ0) is 15.3. The molecule has 6 heteroatoms. The van der Waals surface area contributed by atoms with Crippen LogP contribution in [0.1, 0.15) is 12.0 Å². The summed E-state index contributed by atoms with van der Waals surface area (Å²) in [6, 6.07) is 3.54. The number of hydrogen-bond acceptors (Lipinski definition) is 4. The van der Waals surface area contributed by atoms with Gasteiger partial charge in [0.15, 0.2) is 0 Å². The minimum atomic E-state index is -1.04. The van der Waals surface area contributed by atoms with Gasteiger partial charge in [-0.3, -0.25) is 14.7 Å². The topological polar surface area (TPSA) is 82.5 Å². The molecule has 0 bridgehead atoms. The molecule has 0 unspecified atom stereocenters. The first-order chi connectivity index (χ1) is 10.7. The van der Waals surface area contributed by atoms with Gasteiger partial charge in [0.25, 0.3) is 0 Å². The highest BCUT2D eigenvalue weighted by atomic mass is 16.4.